The highest BCUT2D eigenvalue weighted by Crippen LogP contribution is 2.29. The molecule has 0 spiro atoms. The molecule has 2 N–H and O–H groups in total. The molecule has 0 unspecified atom stereocenters. The van der Waals surface area contributed by atoms with Crippen LogP contribution in [0.4, 0.5) is 4.39 Å². The number of hydrogen-bond acceptors (Lipinski definition) is 4. The maximum atomic E-state index is 13.6. The van der Waals surface area contributed by atoms with Crippen LogP contribution >= 0.6 is 0 Å². The molecule has 2 amide bonds. The summed E-state index contributed by atoms with van der Waals surface area (Å²) in [5, 5.41) is 0. The molecule has 0 heterocycles. The maximum absolute atomic E-state index is 13.6. The van der Waals surface area contributed by atoms with Gasteiger partial charge in [0.1, 0.15) is 5.75 Å². The molecule has 0 bridgehead atoms. The minimum Gasteiger partial charge on any atom is -0.483 e. The van der Waals surface area contributed by atoms with E-state index < -0.39 is 23.7 Å². The molecule has 3 aromatic rings. The van der Waals surface area contributed by atoms with Gasteiger partial charge in [0, 0.05) is 5.56 Å². The zero-order valence-electron chi connectivity index (χ0n) is 16.3. The lowest BCUT2D eigenvalue weighted by molar-refractivity contribution is -0.133. The number of ether oxygens (including phenoxy) is 2. The van der Waals surface area contributed by atoms with Gasteiger partial charge in [-0.1, -0.05) is 60.7 Å². The van der Waals surface area contributed by atoms with Crippen molar-refractivity contribution in [2.75, 3.05) is 6.61 Å². The van der Waals surface area contributed by atoms with E-state index >= 15 is 0 Å². The first-order valence-electron chi connectivity index (χ1n) is 9.31. The number of nitrogens with one attached hydrogen (secondary N) is 2. The molecule has 0 aliphatic heterocycles. The van der Waals surface area contributed by atoms with E-state index in [1.807, 2.05) is 48.5 Å². The van der Waals surface area contributed by atoms with Gasteiger partial charge in [-0.3, -0.25) is 20.4 Å². The molecule has 0 aromatic heterocycles. The van der Waals surface area contributed by atoms with E-state index in [0.29, 0.717) is 5.75 Å². The van der Waals surface area contributed by atoms with E-state index in [2.05, 4.69) is 10.9 Å². The van der Waals surface area contributed by atoms with Crippen LogP contribution in [0.2, 0.25) is 0 Å². The molecule has 30 heavy (non-hydrogen) atoms. The van der Waals surface area contributed by atoms with Crippen molar-refractivity contribution in [1.29, 1.82) is 0 Å². The topological polar surface area (TPSA) is 76.7 Å². The van der Waals surface area contributed by atoms with Gasteiger partial charge in [0.05, 0.1) is 0 Å². The number of hydrogen-bond donors (Lipinski definition) is 2. The second kappa shape index (κ2) is 10.1. The smallest absolute Gasteiger partial charge is 0.279 e. The molecule has 1 atom stereocenters. The summed E-state index contributed by atoms with van der Waals surface area (Å²) >= 11 is 0. The number of amides is 2. The first-order chi connectivity index (χ1) is 14.5. The summed E-state index contributed by atoms with van der Waals surface area (Å²) in [5.41, 5.74) is 6.30. The highest BCUT2D eigenvalue weighted by molar-refractivity contribution is 5.85. The number of benzene rings is 3. The van der Waals surface area contributed by atoms with Crippen molar-refractivity contribution in [2.45, 2.75) is 13.0 Å². The summed E-state index contributed by atoms with van der Waals surface area (Å²) in [6.45, 7) is 1.15. The fourth-order valence-corrected chi connectivity index (χ4v) is 2.65. The van der Waals surface area contributed by atoms with Gasteiger partial charge < -0.3 is 9.47 Å². The minimum atomic E-state index is -1.01. The summed E-state index contributed by atoms with van der Waals surface area (Å²) in [6.07, 6.45) is -1.01. The zero-order valence-corrected chi connectivity index (χ0v) is 16.3. The van der Waals surface area contributed by atoms with Gasteiger partial charge in [-0.15, -0.1) is 0 Å². The van der Waals surface area contributed by atoms with Crippen LogP contribution < -0.4 is 20.3 Å². The Morgan fingerprint density at radius 3 is 2.23 bits per heavy atom. The molecule has 0 fully saturated rings. The van der Waals surface area contributed by atoms with Crippen LogP contribution in [-0.4, -0.2) is 24.5 Å². The van der Waals surface area contributed by atoms with Crippen molar-refractivity contribution in [3.63, 3.8) is 0 Å². The van der Waals surface area contributed by atoms with Gasteiger partial charge in [0.25, 0.3) is 11.8 Å². The number of halogens is 1. The van der Waals surface area contributed by atoms with Crippen LogP contribution in [0.3, 0.4) is 0 Å². The largest absolute Gasteiger partial charge is 0.483 e. The van der Waals surface area contributed by atoms with Crippen LogP contribution in [0.1, 0.15) is 6.92 Å². The highest BCUT2D eigenvalue weighted by Gasteiger charge is 2.17. The van der Waals surface area contributed by atoms with E-state index in [-0.39, 0.29) is 12.4 Å². The van der Waals surface area contributed by atoms with E-state index in [1.165, 1.54) is 25.1 Å². The number of carbonyl (C=O) groups is 2. The van der Waals surface area contributed by atoms with Crippen molar-refractivity contribution >= 4 is 11.8 Å². The van der Waals surface area contributed by atoms with Gasteiger partial charge >= 0.3 is 0 Å². The van der Waals surface area contributed by atoms with Gasteiger partial charge in [0.15, 0.2) is 24.3 Å². The molecule has 3 aromatic carbocycles. The molecule has 0 aliphatic rings. The van der Waals surface area contributed by atoms with Gasteiger partial charge in [-0.2, -0.15) is 0 Å². The monoisotopic (exact) mass is 408 g/mol. The molecule has 3 rings (SSSR count). The van der Waals surface area contributed by atoms with Crippen molar-refractivity contribution in [3.05, 3.63) is 84.7 Å². The quantitative estimate of drug-likeness (QED) is 0.587. The summed E-state index contributed by atoms with van der Waals surface area (Å²) in [7, 11) is 0. The minimum absolute atomic E-state index is 0.0488. The lowest BCUT2D eigenvalue weighted by atomic mass is 10.1. The number of rotatable bonds is 7. The average Bonchev–Trinajstić information content (AvgIpc) is 2.78. The lowest BCUT2D eigenvalue weighted by Gasteiger charge is -2.16. The van der Waals surface area contributed by atoms with E-state index in [1.54, 1.807) is 12.1 Å². The second-order valence-corrected chi connectivity index (χ2v) is 6.38. The Morgan fingerprint density at radius 1 is 0.867 bits per heavy atom. The first kappa shape index (κ1) is 20.9. The Labute approximate surface area is 173 Å². The zero-order chi connectivity index (χ0) is 21.3. The average molecular weight is 408 g/mol. The predicted octanol–water partition coefficient (Wildman–Crippen LogP) is 3.49. The molecular formula is C23H21FN2O4. The Hall–Kier alpha value is -3.87. The third-order valence-corrected chi connectivity index (χ3v) is 4.17. The maximum Gasteiger partial charge on any atom is 0.279 e. The summed E-state index contributed by atoms with van der Waals surface area (Å²) in [4.78, 5) is 24.1. The highest BCUT2D eigenvalue weighted by atomic mass is 19.1. The molecule has 0 aliphatic carbocycles. The Bertz CT molecular complexity index is 1010. The van der Waals surface area contributed by atoms with Gasteiger partial charge in [0.2, 0.25) is 0 Å². The van der Waals surface area contributed by atoms with Crippen molar-refractivity contribution in [1.82, 2.24) is 10.9 Å². The third-order valence-electron chi connectivity index (χ3n) is 4.17. The number of carbonyl (C=O) groups excluding carboxylic acids is 2. The van der Waals surface area contributed by atoms with Crippen LogP contribution in [0.25, 0.3) is 11.1 Å². The van der Waals surface area contributed by atoms with Crippen molar-refractivity contribution in [2.24, 2.45) is 0 Å². The normalized spacial score (nSPS) is 11.3. The fourth-order valence-electron chi connectivity index (χ4n) is 2.65. The van der Waals surface area contributed by atoms with Gasteiger partial charge in [-0.05, 0) is 30.7 Å². The Kier molecular flexibility index (Phi) is 7.00. The van der Waals surface area contributed by atoms with Crippen LogP contribution in [0.5, 0.6) is 11.5 Å². The molecule has 154 valence electrons. The fraction of sp³-hybridized carbons (Fsp3) is 0.130. The van der Waals surface area contributed by atoms with Crippen molar-refractivity contribution in [3.8, 4) is 22.6 Å². The lowest BCUT2D eigenvalue weighted by Crippen LogP contribution is -2.48. The first-order valence-corrected chi connectivity index (χ1v) is 9.31. The van der Waals surface area contributed by atoms with Crippen LogP contribution in [0, 0.1) is 5.82 Å². The number of para-hydroxylation sites is 2. The summed E-state index contributed by atoms with van der Waals surface area (Å²) in [6, 6.07) is 22.7. The van der Waals surface area contributed by atoms with E-state index in [9.17, 15) is 14.0 Å². The van der Waals surface area contributed by atoms with Gasteiger partial charge in [-0.25, -0.2) is 4.39 Å². The molecule has 7 heteroatoms. The summed E-state index contributed by atoms with van der Waals surface area (Å²) in [5.74, 6) is -1.26. The molecule has 0 radical (unpaired) electrons. The Morgan fingerprint density at radius 2 is 1.50 bits per heavy atom. The molecule has 0 saturated carbocycles. The Balaban J connectivity index is 1.50. The second-order valence-electron chi connectivity index (χ2n) is 6.38. The summed E-state index contributed by atoms with van der Waals surface area (Å²) < 4.78 is 24.5. The van der Waals surface area contributed by atoms with Crippen molar-refractivity contribution < 1.29 is 23.5 Å². The van der Waals surface area contributed by atoms with E-state index in [4.69, 9.17) is 9.47 Å². The van der Waals surface area contributed by atoms with Crippen LogP contribution in [-0.2, 0) is 9.59 Å². The van der Waals surface area contributed by atoms with E-state index in [0.717, 1.165) is 11.1 Å². The molecule has 6 nitrogen and oxygen atoms in total. The SMILES string of the molecule is C[C@@H](Oc1ccccc1F)C(=O)NNC(=O)COc1ccccc1-c1ccccc1. The molecular weight excluding hydrogens is 387 g/mol. The van der Waals surface area contributed by atoms with Crippen LogP contribution in [0.15, 0.2) is 78.9 Å². The predicted molar refractivity (Wildman–Crippen MR) is 110 cm³/mol. The standard InChI is InChI=1S/C23H21FN2O4/c1-16(30-21-14-8-6-12-19(21)24)23(28)26-25-22(27)15-29-20-13-7-5-11-18(20)17-9-3-2-4-10-17/h2-14,16H,15H2,1H3,(H,25,27)(H,26,28)/t16-/m1/s1. The third kappa shape index (κ3) is 5.57. The molecule has 0 saturated heterocycles. The number of hydrazine groups is 1.